The van der Waals surface area contributed by atoms with Crippen LogP contribution in [-0.4, -0.2) is 35.8 Å². The Hall–Kier alpha value is -1.06. The minimum atomic E-state index is -0.0264. The van der Waals surface area contributed by atoms with E-state index in [9.17, 15) is 9.59 Å². The van der Waals surface area contributed by atoms with E-state index >= 15 is 0 Å². The summed E-state index contributed by atoms with van der Waals surface area (Å²) in [5, 5.41) is 2.53. The second-order valence-electron chi connectivity index (χ2n) is 3.38. The number of nitrogens with zero attached hydrogens (tertiary/aromatic N) is 1. The van der Waals surface area contributed by atoms with Crippen molar-refractivity contribution in [3.05, 3.63) is 0 Å². The third-order valence-electron chi connectivity index (χ3n) is 2.59. The lowest BCUT2D eigenvalue weighted by atomic mass is 9.91. The average Bonchev–Trinajstić information content (AvgIpc) is 1.93. The van der Waals surface area contributed by atoms with Gasteiger partial charge in [0.15, 0.2) is 0 Å². The molecule has 1 aliphatic carbocycles. The predicted octanol–water partition coefficient (Wildman–Crippen LogP) is -0.503. The van der Waals surface area contributed by atoms with Gasteiger partial charge in [-0.05, 0) is 19.3 Å². The highest BCUT2D eigenvalue weighted by atomic mass is 16.2. The number of amides is 2. The Morgan fingerprint density at radius 3 is 2.67 bits per heavy atom. The van der Waals surface area contributed by atoms with Crippen molar-refractivity contribution < 1.29 is 9.59 Å². The van der Waals surface area contributed by atoms with Crippen LogP contribution in [0.5, 0.6) is 0 Å². The molecule has 0 aromatic rings. The number of piperazine rings is 1. The summed E-state index contributed by atoms with van der Waals surface area (Å²) in [4.78, 5) is 24.0. The second-order valence-corrected chi connectivity index (χ2v) is 3.38. The van der Waals surface area contributed by atoms with Crippen LogP contribution in [0.1, 0.15) is 19.3 Å². The van der Waals surface area contributed by atoms with Crippen LogP contribution < -0.4 is 5.32 Å². The molecule has 0 spiro atoms. The van der Waals surface area contributed by atoms with Gasteiger partial charge in [-0.1, -0.05) is 0 Å². The first-order chi connectivity index (χ1) is 5.77. The zero-order chi connectivity index (χ0) is 8.55. The van der Waals surface area contributed by atoms with Crippen LogP contribution in [0.15, 0.2) is 0 Å². The standard InChI is InChI=1S/C8H12N2O2/c11-7-5-10(6-2-1-3-6)8(12)4-9-7/h6H,1-5H2,(H,9,11). The van der Waals surface area contributed by atoms with Gasteiger partial charge in [-0.2, -0.15) is 0 Å². The highest BCUT2D eigenvalue weighted by Gasteiger charge is 2.32. The van der Waals surface area contributed by atoms with Crippen molar-refractivity contribution in [3.63, 3.8) is 0 Å². The van der Waals surface area contributed by atoms with E-state index in [0.29, 0.717) is 6.04 Å². The minimum absolute atomic E-state index is 0.0264. The van der Waals surface area contributed by atoms with E-state index in [1.807, 2.05) is 0 Å². The summed E-state index contributed by atoms with van der Waals surface area (Å²) in [5.41, 5.74) is 0. The van der Waals surface area contributed by atoms with E-state index < -0.39 is 0 Å². The molecule has 2 rings (SSSR count). The van der Waals surface area contributed by atoms with Crippen molar-refractivity contribution in [2.24, 2.45) is 0 Å². The van der Waals surface area contributed by atoms with E-state index in [4.69, 9.17) is 0 Å². The molecule has 0 atom stereocenters. The fourth-order valence-corrected chi connectivity index (χ4v) is 1.61. The summed E-state index contributed by atoms with van der Waals surface area (Å²) < 4.78 is 0. The van der Waals surface area contributed by atoms with Gasteiger partial charge in [-0.15, -0.1) is 0 Å². The van der Waals surface area contributed by atoms with E-state index in [2.05, 4.69) is 5.32 Å². The normalized spacial score (nSPS) is 25.2. The zero-order valence-electron chi connectivity index (χ0n) is 6.88. The molecule has 0 bridgehead atoms. The van der Waals surface area contributed by atoms with Crippen LogP contribution in [0.2, 0.25) is 0 Å². The molecule has 1 heterocycles. The Bertz CT molecular complexity index is 223. The van der Waals surface area contributed by atoms with Crippen molar-refractivity contribution in [1.29, 1.82) is 0 Å². The molecule has 2 fully saturated rings. The Morgan fingerprint density at radius 2 is 2.08 bits per heavy atom. The first kappa shape index (κ1) is 7.58. The van der Waals surface area contributed by atoms with Crippen molar-refractivity contribution in [1.82, 2.24) is 10.2 Å². The van der Waals surface area contributed by atoms with Crippen molar-refractivity contribution >= 4 is 11.8 Å². The lowest BCUT2D eigenvalue weighted by Gasteiger charge is -2.39. The molecule has 66 valence electrons. The van der Waals surface area contributed by atoms with Gasteiger partial charge in [0.2, 0.25) is 11.8 Å². The lowest BCUT2D eigenvalue weighted by Crippen LogP contribution is -2.56. The van der Waals surface area contributed by atoms with Crippen LogP contribution in [0.25, 0.3) is 0 Å². The summed E-state index contributed by atoms with van der Waals surface area (Å²) in [6.45, 7) is 0.457. The molecule has 2 aliphatic rings. The monoisotopic (exact) mass is 168 g/mol. The van der Waals surface area contributed by atoms with E-state index in [1.165, 1.54) is 6.42 Å². The average molecular weight is 168 g/mol. The molecule has 1 saturated heterocycles. The van der Waals surface area contributed by atoms with Crippen molar-refractivity contribution in [3.8, 4) is 0 Å². The lowest BCUT2D eigenvalue weighted by molar-refractivity contribution is -0.144. The summed E-state index contributed by atoms with van der Waals surface area (Å²) in [7, 11) is 0. The molecule has 0 radical (unpaired) electrons. The quantitative estimate of drug-likeness (QED) is 0.573. The topological polar surface area (TPSA) is 49.4 Å². The molecule has 1 saturated carbocycles. The Labute approximate surface area is 70.9 Å². The van der Waals surface area contributed by atoms with Gasteiger partial charge in [-0.25, -0.2) is 0 Å². The van der Waals surface area contributed by atoms with Crippen molar-refractivity contribution in [2.75, 3.05) is 13.1 Å². The molecule has 4 nitrogen and oxygen atoms in total. The van der Waals surface area contributed by atoms with Gasteiger partial charge in [0, 0.05) is 6.04 Å². The fraction of sp³-hybridized carbons (Fsp3) is 0.750. The molecular formula is C8H12N2O2. The van der Waals surface area contributed by atoms with E-state index in [1.54, 1.807) is 4.90 Å². The molecule has 1 aliphatic heterocycles. The molecule has 1 N–H and O–H groups in total. The second kappa shape index (κ2) is 2.77. The summed E-state index contributed by atoms with van der Waals surface area (Å²) in [6.07, 6.45) is 3.33. The van der Waals surface area contributed by atoms with E-state index in [-0.39, 0.29) is 24.9 Å². The summed E-state index contributed by atoms with van der Waals surface area (Å²) in [5.74, 6) is 0.0424. The SMILES string of the molecule is O=C1CN(C2CCC2)C(=O)CN1. The van der Waals surface area contributed by atoms with Crippen LogP contribution in [-0.2, 0) is 9.59 Å². The van der Waals surface area contributed by atoms with Gasteiger partial charge in [0.25, 0.3) is 0 Å². The Morgan fingerprint density at radius 1 is 1.33 bits per heavy atom. The third kappa shape index (κ3) is 1.17. The van der Waals surface area contributed by atoms with Crippen LogP contribution in [0.3, 0.4) is 0 Å². The molecular weight excluding hydrogens is 156 g/mol. The maximum Gasteiger partial charge on any atom is 0.242 e. The van der Waals surface area contributed by atoms with E-state index in [0.717, 1.165) is 12.8 Å². The number of nitrogens with one attached hydrogen (secondary N) is 1. The summed E-state index contributed by atoms with van der Waals surface area (Å²) >= 11 is 0. The third-order valence-corrected chi connectivity index (χ3v) is 2.59. The maximum absolute atomic E-state index is 11.3. The van der Waals surface area contributed by atoms with Gasteiger partial charge >= 0.3 is 0 Å². The molecule has 2 amide bonds. The molecule has 0 aromatic carbocycles. The Kier molecular flexibility index (Phi) is 1.75. The summed E-state index contributed by atoms with van der Waals surface area (Å²) in [6, 6.07) is 0.351. The number of rotatable bonds is 1. The van der Waals surface area contributed by atoms with Crippen LogP contribution >= 0.6 is 0 Å². The highest BCUT2D eigenvalue weighted by Crippen LogP contribution is 2.25. The van der Waals surface area contributed by atoms with Gasteiger partial charge < -0.3 is 10.2 Å². The first-order valence-corrected chi connectivity index (χ1v) is 4.33. The van der Waals surface area contributed by atoms with Gasteiger partial charge in [0.1, 0.15) is 0 Å². The zero-order valence-corrected chi connectivity index (χ0v) is 6.88. The number of carbonyl (C=O) groups is 2. The molecule has 0 aromatic heterocycles. The van der Waals surface area contributed by atoms with Gasteiger partial charge in [-0.3, -0.25) is 9.59 Å². The largest absolute Gasteiger partial charge is 0.345 e. The number of hydrogen-bond acceptors (Lipinski definition) is 2. The Balaban J connectivity index is 2.00. The minimum Gasteiger partial charge on any atom is -0.345 e. The van der Waals surface area contributed by atoms with Crippen LogP contribution in [0, 0.1) is 0 Å². The molecule has 12 heavy (non-hydrogen) atoms. The number of hydrogen-bond donors (Lipinski definition) is 1. The van der Waals surface area contributed by atoms with Crippen LogP contribution in [0.4, 0.5) is 0 Å². The maximum atomic E-state index is 11.3. The van der Waals surface area contributed by atoms with Gasteiger partial charge in [0.05, 0.1) is 13.1 Å². The predicted molar refractivity (Wildman–Crippen MR) is 42.4 cm³/mol. The van der Waals surface area contributed by atoms with Crippen molar-refractivity contribution in [2.45, 2.75) is 25.3 Å². The molecule has 4 heteroatoms. The number of carbonyl (C=O) groups excluding carboxylic acids is 2. The first-order valence-electron chi connectivity index (χ1n) is 4.33. The molecule has 0 unspecified atom stereocenters. The smallest absolute Gasteiger partial charge is 0.242 e. The highest BCUT2D eigenvalue weighted by molar-refractivity contribution is 5.92. The fourth-order valence-electron chi connectivity index (χ4n) is 1.61.